The largest absolute Gasteiger partial charge is 0.496 e. The molecule has 8 heteroatoms. The molecular weight excluding hydrogens is 404 g/mol. The summed E-state index contributed by atoms with van der Waals surface area (Å²) in [4.78, 5) is 24.6. The highest BCUT2D eigenvalue weighted by Gasteiger charge is 2.29. The molecule has 31 heavy (non-hydrogen) atoms. The van der Waals surface area contributed by atoms with Crippen LogP contribution in [0.5, 0.6) is 28.7 Å². The van der Waals surface area contributed by atoms with Gasteiger partial charge >= 0.3 is 5.97 Å². The minimum atomic E-state index is -0.791. The highest BCUT2D eigenvalue weighted by atomic mass is 16.6. The van der Waals surface area contributed by atoms with Gasteiger partial charge in [0, 0.05) is 17.7 Å². The van der Waals surface area contributed by atoms with Crippen molar-refractivity contribution in [3.05, 3.63) is 47.2 Å². The van der Waals surface area contributed by atoms with Crippen LogP contribution < -0.4 is 23.7 Å². The van der Waals surface area contributed by atoms with Crippen LogP contribution in [0.15, 0.2) is 36.1 Å². The molecule has 0 amide bonds. The summed E-state index contributed by atoms with van der Waals surface area (Å²) in [5, 5.41) is 0. The van der Waals surface area contributed by atoms with Gasteiger partial charge in [0.05, 0.1) is 33.5 Å². The number of fused-ring (bicyclic) bond motifs is 1. The number of rotatable bonds is 8. The summed E-state index contributed by atoms with van der Waals surface area (Å²) in [6, 6.07) is 8.13. The summed E-state index contributed by atoms with van der Waals surface area (Å²) in [5.41, 5.74) is 0.977. The van der Waals surface area contributed by atoms with Crippen LogP contribution >= 0.6 is 0 Å². The molecule has 0 radical (unpaired) electrons. The Balaban J connectivity index is 1.87. The molecule has 0 fully saturated rings. The molecule has 2 aromatic carbocycles. The van der Waals surface area contributed by atoms with Gasteiger partial charge in [-0.2, -0.15) is 0 Å². The minimum absolute atomic E-state index is 0.121. The van der Waals surface area contributed by atoms with Crippen LogP contribution in [-0.4, -0.2) is 45.8 Å². The molecule has 0 aliphatic carbocycles. The Morgan fingerprint density at radius 3 is 2.35 bits per heavy atom. The lowest BCUT2D eigenvalue weighted by molar-refractivity contribution is -0.150. The van der Waals surface area contributed by atoms with Gasteiger partial charge in [0.15, 0.2) is 23.4 Å². The Labute approximate surface area is 180 Å². The summed E-state index contributed by atoms with van der Waals surface area (Å²) in [5.74, 6) is 1.57. The molecule has 8 nitrogen and oxygen atoms in total. The molecule has 0 saturated heterocycles. The van der Waals surface area contributed by atoms with Crippen molar-refractivity contribution in [3.63, 3.8) is 0 Å². The SMILES string of the molecule is CCOC(=O)[C@H](C)Oc1ccc2c(c1)O/C(=C\c1cc(OC)c(OC)cc1OC)C2=O. The molecule has 1 aliphatic rings. The van der Waals surface area contributed by atoms with Crippen molar-refractivity contribution in [2.24, 2.45) is 0 Å². The summed E-state index contributed by atoms with van der Waals surface area (Å²) in [6.45, 7) is 3.58. The first kappa shape index (κ1) is 22.0. The fourth-order valence-corrected chi connectivity index (χ4v) is 3.06. The third kappa shape index (κ3) is 4.58. The van der Waals surface area contributed by atoms with E-state index < -0.39 is 12.1 Å². The van der Waals surface area contributed by atoms with Crippen molar-refractivity contribution < 1.29 is 38.0 Å². The smallest absolute Gasteiger partial charge is 0.347 e. The van der Waals surface area contributed by atoms with Gasteiger partial charge in [-0.05, 0) is 38.1 Å². The van der Waals surface area contributed by atoms with E-state index in [2.05, 4.69) is 0 Å². The number of allylic oxidation sites excluding steroid dienone is 1. The van der Waals surface area contributed by atoms with Gasteiger partial charge < -0.3 is 28.4 Å². The van der Waals surface area contributed by atoms with Crippen LogP contribution in [-0.2, 0) is 9.53 Å². The first-order valence-corrected chi connectivity index (χ1v) is 9.63. The molecule has 2 aromatic rings. The number of ether oxygens (including phenoxy) is 6. The number of Topliss-reactive ketones (excluding diaryl/α,β-unsaturated/α-hetero) is 1. The molecular formula is C23H24O8. The summed E-state index contributed by atoms with van der Waals surface area (Å²) < 4.78 is 32.3. The fraction of sp³-hybridized carbons (Fsp3) is 0.304. The fourth-order valence-electron chi connectivity index (χ4n) is 3.06. The molecule has 0 bridgehead atoms. The monoisotopic (exact) mass is 428 g/mol. The third-order valence-corrected chi connectivity index (χ3v) is 4.60. The maximum Gasteiger partial charge on any atom is 0.347 e. The van der Waals surface area contributed by atoms with Gasteiger partial charge in [0.25, 0.3) is 0 Å². The summed E-state index contributed by atoms with van der Waals surface area (Å²) in [7, 11) is 4.56. The number of ketones is 1. The molecule has 0 saturated carbocycles. The molecule has 0 N–H and O–H groups in total. The van der Waals surface area contributed by atoms with E-state index in [1.807, 2.05) is 0 Å². The van der Waals surface area contributed by atoms with Crippen LogP contribution in [0.1, 0.15) is 29.8 Å². The second-order valence-corrected chi connectivity index (χ2v) is 6.56. The molecule has 1 aliphatic heterocycles. The zero-order valence-electron chi connectivity index (χ0n) is 18.0. The number of hydrogen-bond donors (Lipinski definition) is 0. The number of carbonyl (C=O) groups is 2. The summed E-state index contributed by atoms with van der Waals surface area (Å²) in [6.07, 6.45) is 0.784. The van der Waals surface area contributed by atoms with Crippen molar-refractivity contribution in [1.82, 2.24) is 0 Å². The van der Waals surface area contributed by atoms with E-state index in [9.17, 15) is 9.59 Å². The van der Waals surface area contributed by atoms with Gasteiger partial charge in [-0.25, -0.2) is 4.79 Å². The number of benzene rings is 2. The molecule has 0 aromatic heterocycles. The van der Waals surface area contributed by atoms with Gasteiger partial charge in [-0.3, -0.25) is 4.79 Å². The van der Waals surface area contributed by atoms with Gasteiger partial charge in [0.1, 0.15) is 17.2 Å². The Bertz CT molecular complexity index is 1020. The highest BCUT2D eigenvalue weighted by Crippen LogP contribution is 2.39. The number of esters is 1. The second kappa shape index (κ2) is 9.42. The summed E-state index contributed by atoms with van der Waals surface area (Å²) >= 11 is 0. The Kier molecular flexibility index (Phi) is 6.69. The van der Waals surface area contributed by atoms with Crippen LogP contribution in [0.3, 0.4) is 0 Å². The lowest BCUT2D eigenvalue weighted by Crippen LogP contribution is -2.26. The van der Waals surface area contributed by atoms with E-state index in [0.717, 1.165) is 0 Å². The van der Waals surface area contributed by atoms with E-state index in [-0.39, 0.29) is 18.1 Å². The molecule has 0 unspecified atom stereocenters. The van der Waals surface area contributed by atoms with Crippen LogP contribution in [0, 0.1) is 0 Å². The Hall–Kier alpha value is -3.68. The van der Waals surface area contributed by atoms with Gasteiger partial charge in [-0.1, -0.05) is 0 Å². The van der Waals surface area contributed by atoms with E-state index in [0.29, 0.717) is 39.9 Å². The number of carbonyl (C=O) groups excluding carboxylic acids is 2. The van der Waals surface area contributed by atoms with Gasteiger partial charge in [0.2, 0.25) is 5.78 Å². The number of methoxy groups -OCH3 is 3. The van der Waals surface area contributed by atoms with Crippen molar-refractivity contribution >= 4 is 17.8 Å². The second-order valence-electron chi connectivity index (χ2n) is 6.56. The molecule has 164 valence electrons. The molecule has 1 heterocycles. The van der Waals surface area contributed by atoms with Gasteiger partial charge in [-0.15, -0.1) is 0 Å². The zero-order valence-corrected chi connectivity index (χ0v) is 18.0. The van der Waals surface area contributed by atoms with Crippen molar-refractivity contribution in [2.75, 3.05) is 27.9 Å². The van der Waals surface area contributed by atoms with E-state index in [1.165, 1.54) is 21.3 Å². The van der Waals surface area contributed by atoms with Crippen molar-refractivity contribution in [1.29, 1.82) is 0 Å². The normalized spacial score (nSPS) is 14.5. The standard InChI is InChI=1S/C23H24O8/c1-6-29-23(25)13(2)30-15-7-8-16-18(11-15)31-21(22(16)24)10-14-9-19(27-4)20(28-5)12-17(14)26-3/h7-13H,6H2,1-5H3/b21-10-/t13-/m0/s1. The number of hydrogen-bond acceptors (Lipinski definition) is 8. The van der Waals surface area contributed by atoms with Crippen molar-refractivity contribution in [2.45, 2.75) is 20.0 Å². The van der Waals surface area contributed by atoms with Crippen LogP contribution in [0.4, 0.5) is 0 Å². The molecule has 1 atom stereocenters. The maximum atomic E-state index is 12.8. The predicted octanol–water partition coefficient (Wildman–Crippen LogP) is 3.66. The van der Waals surface area contributed by atoms with E-state index in [1.54, 1.807) is 50.3 Å². The lowest BCUT2D eigenvalue weighted by atomic mass is 10.1. The van der Waals surface area contributed by atoms with E-state index in [4.69, 9.17) is 28.4 Å². The molecule has 3 rings (SSSR count). The molecule has 0 spiro atoms. The minimum Gasteiger partial charge on any atom is -0.496 e. The van der Waals surface area contributed by atoms with E-state index >= 15 is 0 Å². The maximum absolute atomic E-state index is 12.8. The Morgan fingerprint density at radius 2 is 1.71 bits per heavy atom. The Morgan fingerprint density at radius 1 is 1.03 bits per heavy atom. The average Bonchev–Trinajstić information content (AvgIpc) is 3.08. The highest BCUT2D eigenvalue weighted by molar-refractivity contribution is 6.14. The first-order chi connectivity index (χ1) is 14.9. The van der Waals surface area contributed by atoms with Crippen LogP contribution in [0.25, 0.3) is 6.08 Å². The quantitative estimate of drug-likeness (QED) is 0.465. The third-order valence-electron chi connectivity index (χ3n) is 4.60. The first-order valence-electron chi connectivity index (χ1n) is 9.63. The predicted molar refractivity (Wildman–Crippen MR) is 112 cm³/mol. The lowest BCUT2D eigenvalue weighted by Gasteiger charge is -2.13. The topological polar surface area (TPSA) is 89.5 Å². The zero-order chi connectivity index (χ0) is 22.5. The van der Waals surface area contributed by atoms with Crippen molar-refractivity contribution in [3.8, 4) is 28.7 Å². The van der Waals surface area contributed by atoms with Crippen LogP contribution in [0.2, 0.25) is 0 Å². The average molecular weight is 428 g/mol.